The Morgan fingerprint density at radius 2 is 1.84 bits per heavy atom. The van der Waals surface area contributed by atoms with Crippen LogP contribution in [0.4, 0.5) is 11.4 Å². The van der Waals surface area contributed by atoms with Gasteiger partial charge in [0.25, 0.3) is 15.9 Å². The Balaban J connectivity index is 0.889. The first-order chi connectivity index (χ1) is 32.3. The number of carbonyl (C=O) groups excluding carboxylic acids is 1. The van der Waals surface area contributed by atoms with E-state index in [0.717, 1.165) is 80.7 Å². The first-order valence-electron chi connectivity index (χ1n) is 22.6. The fraction of sp³-hybridized carbons (Fsp3) is 0.396. The minimum absolute atomic E-state index is 0.0273. The van der Waals surface area contributed by atoms with Crippen LogP contribution in [-0.4, -0.2) is 133 Å². The Bertz CT molecular complexity index is 3000. The second-order valence-corrected chi connectivity index (χ2v) is 20.7. The van der Waals surface area contributed by atoms with Crippen LogP contribution >= 0.6 is 11.6 Å². The number of hydrogen-bond donors (Lipinski definition) is 2. The van der Waals surface area contributed by atoms with E-state index in [9.17, 15) is 23.3 Å². The lowest BCUT2D eigenvalue weighted by Gasteiger charge is -2.41. The number of sulfonamides is 1. The van der Waals surface area contributed by atoms with Crippen LogP contribution in [0, 0.1) is 15.5 Å². The number of nitro groups is 1. The molecule has 17 nitrogen and oxygen atoms in total. The van der Waals surface area contributed by atoms with Crippen molar-refractivity contribution in [3.8, 4) is 11.4 Å². The first-order valence-corrected chi connectivity index (χ1v) is 24.4. The number of halogens is 1. The number of morpholine rings is 1. The molecule has 3 saturated heterocycles. The van der Waals surface area contributed by atoms with E-state index < -0.39 is 31.4 Å². The Kier molecular flexibility index (Phi) is 12.3. The number of hydrogen-bond acceptors (Lipinski definition) is 13. The van der Waals surface area contributed by atoms with Crippen molar-refractivity contribution in [2.75, 3.05) is 77.1 Å². The van der Waals surface area contributed by atoms with Gasteiger partial charge in [-0.1, -0.05) is 43.2 Å². The molecule has 10 rings (SSSR count). The highest BCUT2D eigenvalue weighted by Crippen LogP contribution is 2.43. The Hall–Kier alpha value is -5.89. The fourth-order valence-corrected chi connectivity index (χ4v) is 10.7. The van der Waals surface area contributed by atoms with Gasteiger partial charge in [0.1, 0.15) is 18.2 Å². The molecule has 0 saturated carbocycles. The molecule has 6 aromatic rings. The summed E-state index contributed by atoms with van der Waals surface area (Å²) >= 11 is 6.26. The number of anilines is 1. The quantitative estimate of drug-likeness (QED) is 0.0905. The molecule has 4 aliphatic rings. The predicted octanol–water partition coefficient (Wildman–Crippen LogP) is 6.85. The summed E-state index contributed by atoms with van der Waals surface area (Å²) in [6.07, 6.45) is 6.22. The third-order valence-electron chi connectivity index (χ3n) is 13.5. The average molecular weight is 951 g/mol. The van der Waals surface area contributed by atoms with Gasteiger partial charge in [-0.3, -0.25) is 34.5 Å². The highest BCUT2D eigenvalue weighted by atomic mass is 35.5. The van der Waals surface area contributed by atoms with Crippen LogP contribution in [0.15, 0.2) is 95.7 Å². The number of pyridine rings is 1. The van der Waals surface area contributed by atoms with E-state index in [1.54, 1.807) is 23.1 Å². The lowest BCUT2D eigenvalue weighted by Crippen LogP contribution is -2.56. The van der Waals surface area contributed by atoms with Gasteiger partial charge in [0.05, 0.1) is 52.4 Å². The SMILES string of the molecule is CC1(C)CCC(CN2CCN(c3ccc(C(=O)NS(=O)(=O)c4ccc(OCC5CN(C6COC6)CCO5)c([N+](=O)[O-])c4)c(-n4[nH]cc5nc6nccc6cc54)c3)CC2)=C(c2ccc(Cl)cc2)C1. The van der Waals surface area contributed by atoms with E-state index in [4.69, 9.17) is 25.8 Å². The topological polar surface area (TPSA) is 190 Å². The standard InChI is InChI=1S/C48H52ClN9O8S/c1-48(2)13-11-33(40(24-48)31-3-5-34(49)6-4-31)26-54-15-17-55(18-16-54)35-7-9-39(42(22-35)57-43-21-32-12-14-50-46(32)52-41(43)25-51-57)47(59)53-67(62,63)38-8-10-45(44(23-38)58(60)61)66-30-37-27-56(19-20-65-37)36-28-64-29-36/h3-10,12,14,21-23,25,36-37,51H,11,13,15-20,24,26-30H2,1-2H3,(H,53,59). The average Bonchev–Trinajstić information content (AvgIpc) is 3.94. The minimum Gasteiger partial charge on any atom is -0.484 e. The van der Waals surface area contributed by atoms with E-state index in [1.807, 2.05) is 36.4 Å². The van der Waals surface area contributed by atoms with Crippen molar-refractivity contribution in [2.45, 2.75) is 50.2 Å². The molecule has 1 unspecified atom stereocenters. The number of aromatic amines is 1. The van der Waals surface area contributed by atoms with E-state index in [2.05, 4.69) is 60.5 Å². The van der Waals surface area contributed by atoms with Gasteiger partial charge in [-0.05, 0) is 90.4 Å². The highest BCUT2D eigenvalue weighted by molar-refractivity contribution is 7.90. The number of piperazine rings is 1. The van der Waals surface area contributed by atoms with Crippen molar-refractivity contribution in [1.82, 2.24) is 34.3 Å². The summed E-state index contributed by atoms with van der Waals surface area (Å²) in [5.41, 5.74) is 6.86. The monoisotopic (exact) mass is 949 g/mol. The minimum atomic E-state index is -4.63. The molecule has 6 heterocycles. The van der Waals surface area contributed by atoms with Crippen molar-refractivity contribution in [1.29, 1.82) is 0 Å². The Morgan fingerprint density at radius 3 is 2.60 bits per heavy atom. The molecule has 1 amide bonds. The van der Waals surface area contributed by atoms with Crippen molar-refractivity contribution >= 4 is 66.5 Å². The van der Waals surface area contributed by atoms with Gasteiger partial charge in [0, 0.05) is 80.4 Å². The lowest BCUT2D eigenvalue weighted by atomic mass is 9.72. The number of benzene rings is 3. The molecule has 3 aromatic carbocycles. The summed E-state index contributed by atoms with van der Waals surface area (Å²) in [7, 11) is -4.63. The maximum atomic E-state index is 14.3. The third kappa shape index (κ3) is 9.51. The number of nitrogens with one attached hydrogen (secondary N) is 2. The summed E-state index contributed by atoms with van der Waals surface area (Å²) in [5.74, 6) is -1.04. The van der Waals surface area contributed by atoms with Crippen LogP contribution in [0.25, 0.3) is 33.3 Å². The molecule has 19 heteroatoms. The summed E-state index contributed by atoms with van der Waals surface area (Å²) in [6.45, 7) is 11.8. The van der Waals surface area contributed by atoms with Crippen LogP contribution in [-0.2, 0) is 19.5 Å². The molecule has 0 radical (unpaired) electrons. The predicted molar refractivity (Wildman–Crippen MR) is 255 cm³/mol. The zero-order valence-corrected chi connectivity index (χ0v) is 38.9. The first kappa shape index (κ1) is 44.9. The number of aromatic nitrogens is 4. The van der Waals surface area contributed by atoms with Crippen LogP contribution < -0.4 is 14.4 Å². The van der Waals surface area contributed by atoms with Gasteiger partial charge in [-0.25, -0.2) is 23.1 Å². The van der Waals surface area contributed by atoms with Crippen LogP contribution in [0.2, 0.25) is 5.02 Å². The molecule has 3 aromatic heterocycles. The van der Waals surface area contributed by atoms with Crippen molar-refractivity contribution < 1.29 is 32.3 Å². The Labute approximate surface area is 392 Å². The molecule has 1 atom stereocenters. The smallest absolute Gasteiger partial charge is 0.312 e. The second-order valence-electron chi connectivity index (χ2n) is 18.6. The number of carbonyl (C=O) groups is 1. The van der Waals surface area contributed by atoms with Crippen LogP contribution in [0.3, 0.4) is 0 Å². The molecule has 0 spiro atoms. The molecular weight excluding hydrogens is 898 g/mol. The van der Waals surface area contributed by atoms with E-state index >= 15 is 0 Å². The fourth-order valence-electron chi connectivity index (χ4n) is 9.56. The number of allylic oxidation sites excluding steroid dienone is 1. The second kappa shape index (κ2) is 18.3. The normalized spacial score (nSPS) is 19.7. The zero-order chi connectivity index (χ0) is 46.5. The summed E-state index contributed by atoms with van der Waals surface area (Å²) in [5, 5.41) is 17.0. The summed E-state index contributed by atoms with van der Waals surface area (Å²) in [4.78, 5) is 41.4. The zero-order valence-electron chi connectivity index (χ0n) is 37.3. The third-order valence-corrected chi connectivity index (χ3v) is 15.0. The van der Waals surface area contributed by atoms with E-state index in [0.29, 0.717) is 54.8 Å². The number of H-pyrrole nitrogens is 1. The van der Waals surface area contributed by atoms with Crippen molar-refractivity contribution in [3.63, 3.8) is 0 Å². The summed E-state index contributed by atoms with van der Waals surface area (Å²) < 4.78 is 48.7. The summed E-state index contributed by atoms with van der Waals surface area (Å²) in [6, 6.07) is 20.9. The largest absolute Gasteiger partial charge is 0.484 e. The molecule has 3 aliphatic heterocycles. The number of rotatable bonds is 13. The number of ether oxygens (including phenoxy) is 3. The number of fused-ring (bicyclic) bond motifs is 2. The molecular formula is C48H52ClN9O8S. The molecule has 2 N–H and O–H groups in total. The van der Waals surface area contributed by atoms with E-state index in [1.165, 1.54) is 28.8 Å². The van der Waals surface area contributed by atoms with E-state index in [-0.39, 0.29) is 29.4 Å². The molecule has 0 bridgehead atoms. The van der Waals surface area contributed by atoms with Gasteiger partial charge in [0.15, 0.2) is 11.4 Å². The maximum absolute atomic E-state index is 14.3. The highest BCUT2D eigenvalue weighted by Gasteiger charge is 2.33. The van der Waals surface area contributed by atoms with Gasteiger partial charge < -0.3 is 19.1 Å². The van der Waals surface area contributed by atoms with Gasteiger partial charge >= 0.3 is 5.69 Å². The van der Waals surface area contributed by atoms with Crippen molar-refractivity contribution in [2.24, 2.45) is 5.41 Å². The molecule has 67 heavy (non-hydrogen) atoms. The maximum Gasteiger partial charge on any atom is 0.312 e. The van der Waals surface area contributed by atoms with Gasteiger partial charge in [-0.15, -0.1) is 0 Å². The molecule has 350 valence electrons. The van der Waals surface area contributed by atoms with Gasteiger partial charge in [-0.2, -0.15) is 0 Å². The molecule has 1 aliphatic carbocycles. The van der Waals surface area contributed by atoms with Crippen LogP contribution in [0.5, 0.6) is 5.75 Å². The van der Waals surface area contributed by atoms with Gasteiger partial charge in [0.2, 0.25) is 0 Å². The van der Waals surface area contributed by atoms with Crippen molar-refractivity contribution in [3.05, 3.63) is 117 Å². The number of nitro benzene ring substituents is 1. The number of amides is 1. The molecule has 3 fully saturated rings. The lowest BCUT2D eigenvalue weighted by molar-refractivity contribution is -0.386. The number of nitrogens with zero attached hydrogens (tertiary/aromatic N) is 7. The Morgan fingerprint density at radius 1 is 1.03 bits per heavy atom. The van der Waals surface area contributed by atoms with Crippen LogP contribution in [0.1, 0.15) is 49.0 Å².